The SMILES string of the molecule is CC1CN(c2nc(CN)cc3ccccc23)CC1N(C)C. The number of nitrogens with zero attached hydrogens (tertiary/aromatic N) is 3. The van der Waals surface area contributed by atoms with Crippen LogP contribution >= 0.6 is 0 Å². The second kappa shape index (κ2) is 5.62. The van der Waals surface area contributed by atoms with Crippen molar-refractivity contribution in [2.75, 3.05) is 32.1 Å². The van der Waals surface area contributed by atoms with Crippen molar-refractivity contribution in [1.29, 1.82) is 0 Å². The Labute approximate surface area is 126 Å². The first-order valence-electron chi connectivity index (χ1n) is 7.60. The fraction of sp³-hybridized carbons (Fsp3) is 0.471. The van der Waals surface area contributed by atoms with E-state index in [0.717, 1.165) is 24.6 Å². The Hall–Kier alpha value is -1.65. The Balaban J connectivity index is 2.04. The molecule has 0 amide bonds. The van der Waals surface area contributed by atoms with Crippen LogP contribution in [-0.4, -0.2) is 43.1 Å². The molecule has 0 bridgehead atoms. The Morgan fingerprint density at radius 2 is 2.05 bits per heavy atom. The first kappa shape index (κ1) is 14.3. The van der Waals surface area contributed by atoms with Gasteiger partial charge >= 0.3 is 0 Å². The van der Waals surface area contributed by atoms with Gasteiger partial charge in [-0.05, 0) is 31.5 Å². The van der Waals surface area contributed by atoms with Gasteiger partial charge in [0.1, 0.15) is 5.82 Å². The van der Waals surface area contributed by atoms with E-state index in [4.69, 9.17) is 10.7 Å². The first-order chi connectivity index (χ1) is 10.1. The number of benzene rings is 1. The summed E-state index contributed by atoms with van der Waals surface area (Å²) < 4.78 is 0. The van der Waals surface area contributed by atoms with E-state index in [1.165, 1.54) is 10.8 Å². The molecule has 2 heterocycles. The quantitative estimate of drug-likeness (QED) is 0.937. The summed E-state index contributed by atoms with van der Waals surface area (Å²) in [5.74, 6) is 1.73. The monoisotopic (exact) mass is 284 g/mol. The van der Waals surface area contributed by atoms with Gasteiger partial charge in [-0.2, -0.15) is 0 Å². The lowest BCUT2D eigenvalue weighted by Gasteiger charge is -2.23. The highest BCUT2D eigenvalue weighted by molar-refractivity contribution is 5.92. The maximum Gasteiger partial charge on any atom is 0.136 e. The molecule has 0 saturated carbocycles. The van der Waals surface area contributed by atoms with E-state index in [2.05, 4.69) is 61.2 Å². The Morgan fingerprint density at radius 3 is 2.71 bits per heavy atom. The number of fused-ring (bicyclic) bond motifs is 1. The molecule has 1 aliphatic rings. The third kappa shape index (κ3) is 2.61. The van der Waals surface area contributed by atoms with E-state index in [1.54, 1.807) is 0 Å². The van der Waals surface area contributed by atoms with E-state index >= 15 is 0 Å². The smallest absolute Gasteiger partial charge is 0.136 e. The third-order valence-corrected chi connectivity index (χ3v) is 4.52. The van der Waals surface area contributed by atoms with Gasteiger partial charge in [-0.1, -0.05) is 31.2 Å². The van der Waals surface area contributed by atoms with E-state index in [-0.39, 0.29) is 0 Å². The Bertz CT molecular complexity index is 638. The maximum absolute atomic E-state index is 5.82. The van der Waals surface area contributed by atoms with Gasteiger partial charge < -0.3 is 15.5 Å². The van der Waals surface area contributed by atoms with Crippen molar-refractivity contribution in [2.45, 2.75) is 19.5 Å². The van der Waals surface area contributed by atoms with Crippen LogP contribution in [0.1, 0.15) is 12.6 Å². The number of likely N-dealkylation sites (N-methyl/N-ethyl adjacent to an activating group) is 1. The van der Waals surface area contributed by atoms with Crippen LogP contribution in [0.25, 0.3) is 10.8 Å². The van der Waals surface area contributed by atoms with Gasteiger partial charge in [0.25, 0.3) is 0 Å². The lowest BCUT2D eigenvalue weighted by molar-refractivity contribution is 0.266. The van der Waals surface area contributed by atoms with Gasteiger partial charge in [0.2, 0.25) is 0 Å². The Morgan fingerprint density at radius 1 is 1.29 bits per heavy atom. The molecule has 0 aliphatic carbocycles. The zero-order chi connectivity index (χ0) is 15.0. The van der Waals surface area contributed by atoms with Gasteiger partial charge in [0.15, 0.2) is 0 Å². The molecule has 4 nitrogen and oxygen atoms in total. The number of hydrogen-bond donors (Lipinski definition) is 1. The van der Waals surface area contributed by atoms with Crippen LogP contribution in [0, 0.1) is 5.92 Å². The standard InChI is InChI=1S/C17H24N4/c1-12-10-21(11-16(12)20(2)3)17-15-7-5-4-6-13(15)8-14(9-18)19-17/h4-8,12,16H,9-11,18H2,1-3H3. The molecule has 1 aliphatic heterocycles. The molecule has 1 fully saturated rings. The number of nitrogens with two attached hydrogens (primary N) is 1. The number of rotatable bonds is 3. The summed E-state index contributed by atoms with van der Waals surface area (Å²) in [6, 6.07) is 11.1. The molecule has 2 atom stereocenters. The summed E-state index contributed by atoms with van der Waals surface area (Å²) in [5, 5.41) is 2.45. The first-order valence-corrected chi connectivity index (χ1v) is 7.60. The van der Waals surface area contributed by atoms with Crippen LogP contribution < -0.4 is 10.6 Å². The zero-order valence-electron chi connectivity index (χ0n) is 13.1. The average Bonchev–Trinajstić information content (AvgIpc) is 2.88. The number of aromatic nitrogens is 1. The minimum Gasteiger partial charge on any atom is -0.354 e. The maximum atomic E-state index is 5.82. The largest absolute Gasteiger partial charge is 0.354 e. The highest BCUT2D eigenvalue weighted by Gasteiger charge is 2.32. The summed E-state index contributed by atoms with van der Waals surface area (Å²) in [7, 11) is 4.32. The molecular formula is C17H24N4. The summed E-state index contributed by atoms with van der Waals surface area (Å²) in [6.45, 7) is 4.88. The Kier molecular flexibility index (Phi) is 3.83. The minimum absolute atomic E-state index is 0.484. The fourth-order valence-electron chi connectivity index (χ4n) is 3.37. The molecule has 2 unspecified atom stereocenters. The highest BCUT2D eigenvalue weighted by Crippen LogP contribution is 2.31. The van der Waals surface area contributed by atoms with Gasteiger partial charge in [0, 0.05) is 31.1 Å². The topological polar surface area (TPSA) is 45.4 Å². The van der Waals surface area contributed by atoms with Crippen molar-refractivity contribution in [1.82, 2.24) is 9.88 Å². The minimum atomic E-state index is 0.484. The van der Waals surface area contributed by atoms with Crippen LogP contribution in [0.2, 0.25) is 0 Å². The molecule has 1 aromatic heterocycles. The molecular weight excluding hydrogens is 260 g/mol. The van der Waals surface area contributed by atoms with Crippen LogP contribution in [0.3, 0.4) is 0 Å². The zero-order valence-corrected chi connectivity index (χ0v) is 13.1. The predicted octanol–water partition coefficient (Wildman–Crippen LogP) is 2.08. The molecule has 0 radical (unpaired) electrons. The fourth-order valence-corrected chi connectivity index (χ4v) is 3.37. The van der Waals surface area contributed by atoms with E-state index < -0.39 is 0 Å². The van der Waals surface area contributed by atoms with Crippen molar-refractivity contribution in [3.8, 4) is 0 Å². The normalized spacial score (nSPS) is 22.4. The molecule has 112 valence electrons. The molecule has 1 saturated heterocycles. The molecule has 1 aromatic carbocycles. The molecule has 2 aromatic rings. The van der Waals surface area contributed by atoms with Crippen LogP contribution in [-0.2, 0) is 6.54 Å². The van der Waals surface area contributed by atoms with Crippen LogP contribution in [0.5, 0.6) is 0 Å². The van der Waals surface area contributed by atoms with Crippen LogP contribution in [0.4, 0.5) is 5.82 Å². The van der Waals surface area contributed by atoms with Gasteiger partial charge in [-0.15, -0.1) is 0 Å². The molecule has 4 heteroatoms. The second-order valence-corrected chi connectivity index (χ2v) is 6.28. The van der Waals surface area contributed by atoms with Gasteiger partial charge in [-0.3, -0.25) is 0 Å². The number of hydrogen-bond acceptors (Lipinski definition) is 4. The predicted molar refractivity (Wildman–Crippen MR) is 88.5 cm³/mol. The molecule has 21 heavy (non-hydrogen) atoms. The van der Waals surface area contributed by atoms with E-state index in [1.807, 2.05) is 0 Å². The molecule has 3 rings (SSSR count). The average molecular weight is 284 g/mol. The summed E-state index contributed by atoms with van der Waals surface area (Å²) in [5.41, 5.74) is 6.78. The molecule has 2 N–H and O–H groups in total. The highest BCUT2D eigenvalue weighted by atomic mass is 15.3. The number of pyridine rings is 1. The summed E-state index contributed by atoms with van der Waals surface area (Å²) >= 11 is 0. The van der Waals surface area contributed by atoms with Gasteiger partial charge in [-0.25, -0.2) is 4.98 Å². The van der Waals surface area contributed by atoms with Crippen molar-refractivity contribution in [3.63, 3.8) is 0 Å². The summed E-state index contributed by atoms with van der Waals surface area (Å²) in [4.78, 5) is 9.54. The number of anilines is 1. The summed E-state index contributed by atoms with van der Waals surface area (Å²) in [6.07, 6.45) is 0. The van der Waals surface area contributed by atoms with Crippen molar-refractivity contribution < 1.29 is 0 Å². The van der Waals surface area contributed by atoms with E-state index in [9.17, 15) is 0 Å². The van der Waals surface area contributed by atoms with Gasteiger partial charge in [0.05, 0.1) is 5.69 Å². The van der Waals surface area contributed by atoms with Crippen molar-refractivity contribution in [2.24, 2.45) is 11.7 Å². The third-order valence-electron chi connectivity index (χ3n) is 4.52. The second-order valence-electron chi connectivity index (χ2n) is 6.28. The van der Waals surface area contributed by atoms with Crippen molar-refractivity contribution in [3.05, 3.63) is 36.0 Å². The lowest BCUT2D eigenvalue weighted by atomic mass is 10.1. The lowest BCUT2D eigenvalue weighted by Crippen LogP contribution is -2.34. The van der Waals surface area contributed by atoms with Crippen molar-refractivity contribution >= 4 is 16.6 Å². The van der Waals surface area contributed by atoms with E-state index in [0.29, 0.717) is 18.5 Å². The van der Waals surface area contributed by atoms with Crippen LogP contribution in [0.15, 0.2) is 30.3 Å². The molecule has 0 spiro atoms.